The largest absolute Gasteiger partial charge is 0.398 e. The van der Waals surface area contributed by atoms with Gasteiger partial charge in [-0.05, 0) is 30.3 Å². The van der Waals surface area contributed by atoms with Crippen molar-refractivity contribution in [2.75, 3.05) is 11.1 Å². The number of benzene rings is 2. The zero-order valence-electron chi connectivity index (χ0n) is 10.1. The first kappa shape index (κ1) is 14.9. The minimum absolute atomic E-state index is 0.0515. The lowest BCUT2D eigenvalue weighted by Gasteiger charge is -2.11. The van der Waals surface area contributed by atoms with Gasteiger partial charge in [0.1, 0.15) is 4.90 Å². The maximum absolute atomic E-state index is 11.3. The normalized spacial score (nSPS) is 11.3. The van der Waals surface area contributed by atoms with E-state index in [1.54, 1.807) is 18.2 Å². The third-order valence-corrected chi connectivity index (χ3v) is 4.35. The zero-order chi connectivity index (χ0) is 14.9. The van der Waals surface area contributed by atoms with Crippen LogP contribution in [0.15, 0.2) is 41.3 Å². The van der Waals surface area contributed by atoms with Gasteiger partial charge in [0.15, 0.2) is 0 Å². The standard InChI is InChI=1S/C12H11Cl2N3O2S/c13-8-2-1-3-10(12(8)14)17-7-4-5-11(9(15)6-7)20(16,18)19/h1-6,17H,15H2,(H2,16,18,19). The number of hydrogen-bond donors (Lipinski definition) is 3. The average Bonchev–Trinajstić information content (AvgIpc) is 2.33. The fourth-order valence-corrected chi connectivity index (χ4v) is 2.63. The van der Waals surface area contributed by atoms with Crippen molar-refractivity contribution < 1.29 is 8.42 Å². The Bertz CT molecular complexity index is 763. The Balaban J connectivity index is 2.36. The van der Waals surface area contributed by atoms with Gasteiger partial charge in [-0.25, -0.2) is 13.6 Å². The van der Waals surface area contributed by atoms with Gasteiger partial charge < -0.3 is 11.1 Å². The van der Waals surface area contributed by atoms with Gasteiger partial charge >= 0.3 is 0 Å². The summed E-state index contributed by atoms with van der Waals surface area (Å²) >= 11 is 11.9. The van der Waals surface area contributed by atoms with Gasteiger partial charge in [0.25, 0.3) is 0 Å². The fourth-order valence-electron chi connectivity index (χ4n) is 1.64. The molecule has 0 unspecified atom stereocenters. The van der Waals surface area contributed by atoms with Crippen LogP contribution in [0.3, 0.4) is 0 Å². The number of primary sulfonamides is 1. The van der Waals surface area contributed by atoms with Crippen LogP contribution in [0.2, 0.25) is 10.0 Å². The smallest absolute Gasteiger partial charge is 0.240 e. The van der Waals surface area contributed by atoms with E-state index in [0.29, 0.717) is 21.4 Å². The second-order valence-electron chi connectivity index (χ2n) is 4.02. The second-order valence-corrected chi connectivity index (χ2v) is 6.34. The summed E-state index contributed by atoms with van der Waals surface area (Å²) in [6, 6.07) is 9.44. The molecule has 2 aromatic rings. The first-order valence-corrected chi connectivity index (χ1v) is 7.72. The molecule has 0 aromatic heterocycles. The number of rotatable bonds is 3. The van der Waals surface area contributed by atoms with Gasteiger partial charge in [0.2, 0.25) is 10.0 Å². The Hall–Kier alpha value is -1.47. The molecule has 2 aromatic carbocycles. The molecule has 0 spiro atoms. The van der Waals surface area contributed by atoms with Gasteiger partial charge in [-0.15, -0.1) is 0 Å². The van der Waals surface area contributed by atoms with E-state index in [2.05, 4.69) is 5.32 Å². The molecule has 106 valence electrons. The number of nitrogen functional groups attached to an aromatic ring is 1. The molecule has 0 aliphatic rings. The molecule has 0 amide bonds. The van der Waals surface area contributed by atoms with Crippen molar-refractivity contribution in [1.29, 1.82) is 0 Å². The highest BCUT2D eigenvalue weighted by molar-refractivity contribution is 7.89. The quantitative estimate of drug-likeness (QED) is 0.753. The summed E-state index contributed by atoms with van der Waals surface area (Å²) in [4.78, 5) is -0.125. The molecule has 20 heavy (non-hydrogen) atoms. The molecule has 0 saturated carbocycles. The zero-order valence-corrected chi connectivity index (χ0v) is 12.4. The summed E-state index contributed by atoms with van der Waals surface area (Å²) in [6.07, 6.45) is 0. The highest BCUT2D eigenvalue weighted by atomic mass is 35.5. The summed E-state index contributed by atoms with van der Waals surface area (Å²) in [7, 11) is -3.84. The van der Waals surface area contributed by atoms with Crippen LogP contribution >= 0.6 is 23.2 Å². The molecule has 8 heteroatoms. The van der Waals surface area contributed by atoms with Gasteiger partial charge in [0.05, 0.1) is 21.4 Å². The predicted molar refractivity (Wildman–Crippen MR) is 82.0 cm³/mol. The SMILES string of the molecule is Nc1cc(Nc2cccc(Cl)c2Cl)ccc1S(N)(=O)=O. The number of anilines is 3. The fraction of sp³-hybridized carbons (Fsp3) is 0. The molecule has 0 atom stereocenters. The van der Waals surface area contributed by atoms with E-state index in [4.69, 9.17) is 34.1 Å². The lowest BCUT2D eigenvalue weighted by atomic mass is 10.2. The monoisotopic (exact) mass is 331 g/mol. The van der Waals surface area contributed by atoms with Gasteiger partial charge in [-0.3, -0.25) is 0 Å². The van der Waals surface area contributed by atoms with E-state index in [0.717, 1.165) is 0 Å². The highest BCUT2D eigenvalue weighted by Crippen LogP contribution is 2.32. The van der Waals surface area contributed by atoms with Crippen LogP contribution in [0.1, 0.15) is 0 Å². The number of nitrogens with two attached hydrogens (primary N) is 2. The molecule has 5 nitrogen and oxygen atoms in total. The van der Waals surface area contributed by atoms with E-state index in [9.17, 15) is 8.42 Å². The minimum atomic E-state index is -3.84. The van der Waals surface area contributed by atoms with Crippen molar-refractivity contribution in [1.82, 2.24) is 0 Å². The van der Waals surface area contributed by atoms with Crippen LogP contribution < -0.4 is 16.2 Å². The molecule has 0 saturated heterocycles. The summed E-state index contributed by atoms with van der Waals surface area (Å²) in [5, 5.41) is 8.81. The molecule has 0 bridgehead atoms. The van der Waals surface area contributed by atoms with Crippen LogP contribution in [-0.2, 0) is 10.0 Å². The molecule has 0 aliphatic heterocycles. The average molecular weight is 332 g/mol. The Morgan fingerprint density at radius 1 is 1.10 bits per heavy atom. The number of sulfonamides is 1. The first-order valence-electron chi connectivity index (χ1n) is 5.42. The van der Waals surface area contributed by atoms with Crippen LogP contribution in [0.5, 0.6) is 0 Å². The molecule has 0 aliphatic carbocycles. The Kier molecular flexibility index (Phi) is 4.10. The van der Waals surface area contributed by atoms with Crippen LogP contribution in [-0.4, -0.2) is 8.42 Å². The Morgan fingerprint density at radius 2 is 1.80 bits per heavy atom. The molecule has 2 rings (SSSR count). The number of nitrogens with one attached hydrogen (secondary N) is 1. The van der Waals surface area contributed by atoms with Crippen LogP contribution in [0.25, 0.3) is 0 Å². The molecular weight excluding hydrogens is 321 g/mol. The number of halogens is 2. The van der Waals surface area contributed by atoms with Crippen molar-refractivity contribution in [2.24, 2.45) is 5.14 Å². The second kappa shape index (κ2) is 5.49. The summed E-state index contributed by atoms with van der Waals surface area (Å²) in [6.45, 7) is 0. The molecule has 0 fully saturated rings. The first-order chi connectivity index (χ1) is 9.29. The molecule has 0 radical (unpaired) electrons. The van der Waals surface area contributed by atoms with E-state index < -0.39 is 10.0 Å². The molecular formula is C12H11Cl2N3O2S. The van der Waals surface area contributed by atoms with Gasteiger partial charge in [0, 0.05) is 5.69 Å². The van der Waals surface area contributed by atoms with E-state index in [1.165, 1.54) is 18.2 Å². The van der Waals surface area contributed by atoms with E-state index in [1.807, 2.05) is 0 Å². The van der Waals surface area contributed by atoms with Crippen molar-refractivity contribution in [3.63, 3.8) is 0 Å². The maximum atomic E-state index is 11.3. The Labute approximate surface area is 126 Å². The lowest BCUT2D eigenvalue weighted by molar-refractivity contribution is 0.598. The van der Waals surface area contributed by atoms with Crippen LogP contribution in [0.4, 0.5) is 17.1 Å². The van der Waals surface area contributed by atoms with Crippen molar-refractivity contribution >= 4 is 50.3 Å². The minimum Gasteiger partial charge on any atom is -0.398 e. The summed E-state index contributed by atoms with van der Waals surface area (Å²) < 4.78 is 22.5. The van der Waals surface area contributed by atoms with Gasteiger partial charge in [-0.1, -0.05) is 29.3 Å². The van der Waals surface area contributed by atoms with E-state index in [-0.39, 0.29) is 10.6 Å². The summed E-state index contributed by atoms with van der Waals surface area (Å²) in [5.41, 5.74) is 6.88. The summed E-state index contributed by atoms with van der Waals surface area (Å²) in [5.74, 6) is 0. The van der Waals surface area contributed by atoms with Crippen LogP contribution in [0, 0.1) is 0 Å². The molecule has 0 heterocycles. The van der Waals surface area contributed by atoms with Crippen molar-refractivity contribution in [3.8, 4) is 0 Å². The molecule has 5 N–H and O–H groups in total. The van der Waals surface area contributed by atoms with Crippen molar-refractivity contribution in [2.45, 2.75) is 4.90 Å². The Morgan fingerprint density at radius 3 is 2.40 bits per heavy atom. The van der Waals surface area contributed by atoms with Gasteiger partial charge in [-0.2, -0.15) is 0 Å². The topological polar surface area (TPSA) is 98.2 Å². The number of hydrogen-bond acceptors (Lipinski definition) is 4. The highest BCUT2D eigenvalue weighted by Gasteiger charge is 2.13. The van der Waals surface area contributed by atoms with E-state index >= 15 is 0 Å². The predicted octanol–water partition coefficient (Wildman–Crippen LogP) is 2.97. The van der Waals surface area contributed by atoms with Crippen molar-refractivity contribution in [3.05, 3.63) is 46.4 Å². The maximum Gasteiger partial charge on any atom is 0.240 e. The lowest BCUT2D eigenvalue weighted by Crippen LogP contribution is -2.14. The third-order valence-electron chi connectivity index (χ3n) is 2.55. The third kappa shape index (κ3) is 3.16.